The molecule has 1 N–H and O–H groups in total. The summed E-state index contributed by atoms with van der Waals surface area (Å²) in [6.45, 7) is 0. The van der Waals surface area contributed by atoms with Gasteiger partial charge in [0.1, 0.15) is 6.10 Å². The monoisotopic (exact) mass is 373 g/mol. The Morgan fingerprint density at radius 1 is 1.16 bits per heavy atom. The summed E-state index contributed by atoms with van der Waals surface area (Å²) in [6, 6.07) is 17.1. The Morgan fingerprint density at radius 3 is 2.36 bits per heavy atom. The normalized spacial score (nSPS) is 11.2. The quantitative estimate of drug-likeness (QED) is 0.689. The molecule has 0 amide bonds. The highest BCUT2D eigenvalue weighted by Gasteiger charge is 2.17. The van der Waals surface area contributed by atoms with Crippen LogP contribution in [0.2, 0.25) is 0 Å². The minimum atomic E-state index is -0.784. The van der Waals surface area contributed by atoms with E-state index in [9.17, 15) is 5.11 Å². The molecule has 0 saturated carbocycles. The Hall–Kier alpha value is -2.32. The lowest BCUT2D eigenvalue weighted by molar-refractivity contribution is 0.216. The third-order valence-corrected chi connectivity index (χ3v) is 3.59. The molecule has 1 unspecified atom stereocenters. The Labute approximate surface area is 156 Å². The molecule has 25 heavy (non-hydrogen) atoms. The molecule has 1 aromatic heterocycles. The summed E-state index contributed by atoms with van der Waals surface area (Å²) >= 11 is 9.53. The molecule has 4 nitrogen and oxygen atoms in total. The van der Waals surface area contributed by atoms with Gasteiger partial charge in [0.05, 0.1) is 29.0 Å². The number of alkyl halides is 2. The van der Waals surface area contributed by atoms with Crippen LogP contribution >= 0.6 is 23.2 Å². The summed E-state index contributed by atoms with van der Waals surface area (Å²) in [5.41, 5.74) is 3.93. The Morgan fingerprint density at radius 2 is 1.80 bits per heavy atom. The average Bonchev–Trinajstić information content (AvgIpc) is 3.08. The van der Waals surface area contributed by atoms with Crippen molar-refractivity contribution in [3.8, 4) is 17.2 Å². The first-order chi connectivity index (χ1) is 12.1. The first-order valence-corrected chi connectivity index (χ1v) is 8.55. The number of aryl methyl sites for hydroxylation is 1. The maximum absolute atomic E-state index is 10.6. The van der Waals surface area contributed by atoms with Gasteiger partial charge < -0.3 is 9.67 Å². The smallest absolute Gasteiger partial charge is 0.123 e. The van der Waals surface area contributed by atoms with Crippen LogP contribution in [0.15, 0.2) is 61.1 Å². The molecule has 0 spiro atoms. The number of hydrogen-bond acceptors (Lipinski definition) is 3. The Balaban J connectivity index is 0.000000701. The number of aliphatic hydroxyl groups excluding tert-OH is 1. The van der Waals surface area contributed by atoms with Crippen LogP contribution in [0.3, 0.4) is 0 Å². The van der Waals surface area contributed by atoms with E-state index in [1.807, 2.05) is 48.0 Å². The van der Waals surface area contributed by atoms with Crippen LogP contribution in [0.4, 0.5) is 0 Å². The molecule has 128 valence electrons. The number of rotatable bonds is 3. The van der Waals surface area contributed by atoms with Gasteiger partial charge in [-0.25, -0.2) is 4.98 Å². The van der Waals surface area contributed by atoms with Crippen molar-refractivity contribution in [2.24, 2.45) is 7.05 Å². The standard InChI is InChI=1S/C18H15N3O.CH2Cl2/c1-21-11-17(20-12-21)18(22)16-5-3-2-4-15(16)14-8-6-13(10-19)7-9-14;2-1-3/h2-9,11-12,18,22H,1H3;1H2. The summed E-state index contributed by atoms with van der Waals surface area (Å²) in [4.78, 5) is 4.22. The van der Waals surface area contributed by atoms with Crippen molar-refractivity contribution < 1.29 is 5.11 Å². The maximum atomic E-state index is 10.6. The molecule has 1 heterocycles. The van der Waals surface area contributed by atoms with E-state index in [0.29, 0.717) is 11.3 Å². The predicted molar refractivity (Wildman–Crippen MR) is 100 cm³/mol. The van der Waals surface area contributed by atoms with E-state index in [1.54, 1.807) is 24.7 Å². The molecule has 6 heteroatoms. The molecule has 0 aliphatic carbocycles. The fourth-order valence-corrected chi connectivity index (χ4v) is 2.46. The third kappa shape index (κ3) is 4.83. The van der Waals surface area contributed by atoms with E-state index in [0.717, 1.165) is 16.7 Å². The minimum Gasteiger partial charge on any atom is -0.382 e. The van der Waals surface area contributed by atoms with E-state index < -0.39 is 6.10 Å². The van der Waals surface area contributed by atoms with Crippen LogP contribution in [-0.4, -0.2) is 20.0 Å². The molecule has 0 aliphatic heterocycles. The van der Waals surface area contributed by atoms with Crippen LogP contribution in [0.5, 0.6) is 0 Å². The summed E-state index contributed by atoms with van der Waals surface area (Å²) < 4.78 is 1.81. The molecule has 0 fully saturated rings. The van der Waals surface area contributed by atoms with Crippen molar-refractivity contribution in [1.29, 1.82) is 5.26 Å². The molecule has 3 aromatic rings. The van der Waals surface area contributed by atoms with Gasteiger partial charge in [-0.15, -0.1) is 23.2 Å². The molecule has 0 bridgehead atoms. The van der Waals surface area contributed by atoms with Crippen molar-refractivity contribution >= 4 is 23.2 Å². The zero-order chi connectivity index (χ0) is 18.2. The second-order valence-electron chi connectivity index (χ2n) is 5.24. The first kappa shape index (κ1) is 19.0. The molecular formula is C19H17Cl2N3O. The van der Waals surface area contributed by atoms with Gasteiger partial charge in [-0.3, -0.25) is 0 Å². The number of nitriles is 1. The van der Waals surface area contributed by atoms with Gasteiger partial charge in [0.2, 0.25) is 0 Å². The number of aromatic nitrogens is 2. The SMILES string of the molecule is ClCCl.Cn1cnc(C(O)c2ccccc2-c2ccc(C#N)cc2)c1. The van der Waals surface area contributed by atoms with Gasteiger partial charge in [0.25, 0.3) is 0 Å². The van der Waals surface area contributed by atoms with Crippen molar-refractivity contribution in [3.63, 3.8) is 0 Å². The van der Waals surface area contributed by atoms with Gasteiger partial charge in [0, 0.05) is 13.2 Å². The number of nitrogens with zero attached hydrogens (tertiary/aromatic N) is 3. The Kier molecular flexibility index (Phi) is 7.03. The van der Waals surface area contributed by atoms with E-state index in [1.165, 1.54) is 0 Å². The number of hydrogen-bond donors (Lipinski definition) is 1. The molecular weight excluding hydrogens is 357 g/mol. The van der Waals surface area contributed by atoms with Crippen LogP contribution in [0.1, 0.15) is 22.9 Å². The minimum absolute atomic E-state index is 0.194. The number of benzene rings is 2. The zero-order valence-corrected chi connectivity index (χ0v) is 15.1. The van der Waals surface area contributed by atoms with Crippen molar-refractivity contribution in [1.82, 2.24) is 9.55 Å². The van der Waals surface area contributed by atoms with Crippen LogP contribution in [0.25, 0.3) is 11.1 Å². The molecule has 0 aliphatic rings. The van der Waals surface area contributed by atoms with Crippen molar-refractivity contribution in [2.75, 3.05) is 5.34 Å². The highest BCUT2D eigenvalue weighted by Crippen LogP contribution is 2.31. The van der Waals surface area contributed by atoms with Gasteiger partial charge in [-0.1, -0.05) is 36.4 Å². The maximum Gasteiger partial charge on any atom is 0.123 e. The summed E-state index contributed by atoms with van der Waals surface area (Å²) in [5, 5.41) is 19.7. The largest absolute Gasteiger partial charge is 0.382 e. The molecule has 1 atom stereocenters. The highest BCUT2D eigenvalue weighted by molar-refractivity contribution is 6.40. The van der Waals surface area contributed by atoms with E-state index in [4.69, 9.17) is 28.5 Å². The van der Waals surface area contributed by atoms with Crippen molar-refractivity contribution in [3.05, 3.63) is 77.9 Å². The van der Waals surface area contributed by atoms with Gasteiger partial charge >= 0.3 is 0 Å². The summed E-state index contributed by atoms with van der Waals surface area (Å²) in [7, 11) is 1.87. The number of imidazole rings is 1. The zero-order valence-electron chi connectivity index (χ0n) is 13.6. The molecule has 3 rings (SSSR count). The fourth-order valence-electron chi connectivity index (χ4n) is 2.46. The molecule has 0 radical (unpaired) electrons. The van der Waals surface area contributed by atoms with Crippen LogP contribution < -0.4 is 0 Å². The van der Waals surface area contributed by atoms with Crippen molar-refractivity contribution in [2.45, 2.75) is 6.10 Å². The van der Waals surface area contributed by atoms with Crippen LogP contribution in [0, 0.1) is 11.3 Å². The lowest BCUT2D eigenvalue weighted by atomic mass is 9.94. The summed E-state index contributed by atoms with van der Waals surface area (Å²) in [6.07, 6.45) is 2.69. The number of aliphatic hydroxyl groups is 1. The van der Waals surface area contributed by atoms with Gasteiger partial charge in [0.15, 0.2) is 0 Å². The van der Waals surface area contributed by atoms with Gasteiger partial charge in [-0.05, 0) is 28.8 Å². The predicted octanol–water partition coefficient (Wildman–Crippen LogP) is 4.46. The highest BCUT2D eigenvalue weighted by atomic mass is 35.5. The lowest BCUT2D eigenvalue weighted by Crippen LogP contribution is -2.02. The third-order valence-electron chi connectivity index (χ3n) is 3.59. The lowest BCUT2D eigenvalue weighted by Gasteiger charge is -2.14. The molecule has 2 aromatic carbocycles. The summed E-state index contributed by atoms with van der Waals surface area (Å²) in [5.74, 6) is 0. The van der Waals surface area contributed by atoms with E-state index in [-0.39, 0.29) is 5.34 Å². The second-order valence-corrected chi connectivity index (χ2v) is 6.05. The van der Waals surface area contributed by atoms with E-state index in [2.05, 4.69) is 11.1 Å². The Bertz CT molecular complexity index is 854. The topological polar surface area (TPSA) is 61.8 Å². The number of halogens is 2. The van der Waals surface area contributed by atoms with Gasteiger partial charge in [-0.2, -0.15) is 5.26 Å². The average molecular weight is 374 g/mol. The first-order valence-electron chi connectivity index (χ1n) is 7.48. The van der Waals surface area contributed by atoms with Crippen LogP contribution in [-0.2, 0) is 7.05 Å². The second kappa shape index (κ2) is 9.24. The van der Waals surface area contributed by atoms with E-state index >= 15 is 0 Å². The molecule has 0 saturated heterocycles. The fraction of sp³-hybridized carbons (Fsp3) is 0.158.